The molecule has 1 aliphatic rings. The number of carbonyl (C=O) groups is 1. The van der Waals surface area contributed by atoms with Gasteiger partial charge in [0.2, 0.25) is 5.91 Å². The second kappa shape index (κ2) is 8.97. The number of benzene rings is 2. The summed E-state index contributed by atoms with van der Waals surface area (Å²) in [6.07, 6.45) is -4.32. The van der Waals surface area contributed by atoms with E-state index in [1.165, 1.54) is 12.1 Å². The average Bonchev–Trinajstić information content (AvgIpc) is 2.66. The van der Waals surface area contributed by atoms with Gasteiger partial charge in [0.25, 0.3) is 0 Å². The second-order valence-electron chi connectivity index (χ2n) is 7.57. The van der Waals surface area contributed by atoms with E-state index in [2.05, 4.69) is 15.1 Å². The Morgan fingerprint density at radius 1 is 0.966 bits per heavy atom. The van der Waals surface area contributed by atoms with Crippen molar-refractivity contribution in [3.63, 3.8) is 0 Å². The van der Waals surface area contributed by atoms with E-state index in [9.17, 15) is 18.0 Å². The van der Waals surface area contributed by atoms with Gasteiger partial charge in [-0.2, -0.15) is 13.2 Å². The number of carbonyl (C=O) groups excluding carboxylic acids is 1. The van der Waals surface area contributed by atoms with Gasteiger partial charge in [-0.25, -0.2) is 0 Å². The van der Waals surface area contributed by atoms with Crippen LogP contribution in [-0.4, -0.2) is 48.4 Å². The molecular formula is C22H26F3N3O. The molecule has 4 nitrogen and oxygen atoms in total. The van der Waals surface area contributed by atoms with Crippen LogP contribution < -0.4 is 5.32 Å². The summed E-state index contributed by atoms with van der Waals surface area (Å²) in [7, 11) is 0. The van der Waals surface area contributed by atoms with Crippen LogP contribution >= 0.6 is 0 Å². The SMILES string of the molecule is Cc1cccc(C)c1NC(=O)CN1CCN(Cc2cccc(C(F)(F)F)c2)CC1. The normalized spacial score (nSPS) is 16.0. The number of amides is 1. The van der Waals surface area contributed by atoms with Crippen molar-refractivity contribution in [2.24, 2.45) is 0 Å². The predicted octanol–water partition coefficient (Wildman–Crippen LogP) is 4.08. The van der Waals surface area contributed by atoms with Crippen molar-refractivity contribution in [1.29, 1.82) is 0 Å². The van der Waals surface area contributed by atoms with Crippen LogP contribution in [0.25, 0.3) is 0 Å². The summed E-state index contributed by atoms with van der Waals surface area (Å²) in [6, 6.07) is 11.4. The molecule has 3 rings (SSSR count). The van der Waals surface area contributed by atoms with Crippen LogP contribution in [0.2, 0.25) is 0 Å². The monoisotopic (exact) mass is 405 g/mol. The number of aryl methyl sites for hydroxylation is 2. The van der Waals surface area contributed by atoms with Crippen LogP contribution in [0.15, 0.2) is 42.5 Å². The minimum Gasteiger partial charge on any atom is -0.324 e. The minimum atomic E-state index is -4.32. The first-order valence-electron chi connectivity index (χ1n) is 9.69. The Hall–Kier alpha value is -2.38. The fourth-order valence-electron chi connectivity index (χ4n) is 3.60. The summed E-state index contributed by atoms with van der Waals surface area (Å²) in [4.78, 5) is 16.6. The van der Waals surface area contributed by atoms with Gasteiger partial charge in [0.1, 0.15) is 0 Å². The lowest BCUT2D eigenvalue weighted by molar-refractivity contribution is -0.137. The Kier molecular flexibility index (Phi) is 6.59. The highest BCUT2D eigenvalue weighted by molar-refractivity contribution is 5.93. The van der Waals surface area contributed by atoms with Gasteiger partial charge in [-0.15, -0.1) is 0 Å². The highest BCUT2D eigenvalue weighted by atomic mass is 19.4. The molecule has 2 aromatic rings. The molecule has 0 unspecified atom stereocenters. The number of piperazine rings is 1. The third-order valence-corrected chi connectivity index (χ3v) is 5.24. The maximum atomic E-state index is 12.9. The highest BCUT2D eigenvalue weighted by Gasteiger charge is 2.30. The fourth-order valence-corrected chi connectivity index (χ4v) is 3.60. The standard InChI is InChI=1S/C22H26F3N3O/c1-16-5-3-6-17(2)21(16)26-20(29)15-28-11-9-27(10-12-28)14-18-7-4-8-19(13-18)22(23,24)25/h3-8,13H,9-12,14-15H2,1-2H3,(H,26,29). The molecule has 1 amide bonds. The number of alkyl halides is 3. The van der Waals surface area contributed by atoms with Crippen molar-refractivity contribution < 1.29 is 18.0 Å². The Morgan fingerprint density at radius 3 is 2.17 bits per heavy atom. The number of hydrogen-bond donors (Lipinski definition) is 1. The predicted molar refractivity (Wildman–Crippen MR) is 108 cm³/mol. The summed E-state index contributed by atoms with van der Waals surface area (Å²) in [5.41, 5.74) is 2.96. The second-order valence-corrected chi connectivity index (χ2v) is 7.57. The van der Waals surface area contributed by atoms with Gasteiger partial charge in [-0.3, -0.25) is 14.6 Å². The van der Waals surface area contributed by atoms with Gasteiger partial charge >= 0.3 is 6.18 Å². The topological polar surface area (TPSA) is 35.6 Å². The van der Waals surface area contributed by atoms with Crippen LogP contribution in [0.5, 0.6) is 0 Å². The van der Waals surface area contributed by atoms with Gasteiger partial charge in [0, 0.05) is 38.4 Å². The number of nitrogens with one attached hydrogen (secondary N) is 1. The zero-order valence-electron chi connectivity index (χ0n) is 16.7. The van der Waals surface area contributed by atoms with E-state index in [4.69, 9.17) is 0 Å². The largest absolute Gasteiger partial charge is 0.416 e. The molecule has 0 atom stereocenters. The zero-order chi connectivity index (χ0) is 21.0. The van der Waals surface area contributed by atoms with Crippen molar-refractivity contribution in [2.45, 2.75) is 26.6 Å². The highest BCUT2D eigenvalue weighted by Crippen LogP contribution is 2.29. The van der Waals surface area contributed by atoms with Crippen molar-refractivity contribution >= 4 is 11.6 Å². The van der Waals surface area contributed by atoms with E-state index in [0.29, 0.717) is 44.8 Å². The lowest BCUT2D eigenvalue weighted by Gasteiger charge is -2.34. The molecule has 29 heavy (non-hydrogen) atoms. The summed E-state index contributed by atoms with van der Waals surface area (Å²) in [5, 5.41) is 3.00. The van der Waals surface area contributed by atoms with Crippen LogP contribution in [0.1, 0.15) is 22.3 Å². The molecule has 7 heteroatoms. The maximum absolute atomic E-state index is 12.9. The molecule has 0 radical (unpaired) electrons. The van der Waals surface area contributed by atoms with E-state index in [-0.39, 0.29) is 5.91 Å². The zero-order valence-corrected chi connectivity index (χ0v) is 16.7. The van der Waals surface area contributed by atoms with Gasteiger partial charge in [0.05, 0.1) is 12.1 Å². The van der Waals surface area contributed by atoms with Crippen LogP contribution in [0, 0.1) is 13.8 Å². The lowest BCUT2D eigenvalue weighted by atomic mass is 10.1. The Bertz CT molecular complexity index is 838. The first-order chi connectivity index (χ1) is 13.7. The molecular weight excluding hydrogens is 379 g/mol. The van der Waals surface area contributed by atoms with E-state index in [0.717, 1.165) is 22.9 Å². The molecule has 156 valence electrons. The van der Waals surface area contributed by atoms with Crippen molar-refractivity contribution in [3.8, 4) is 0 Å². The first-order valence-corrected chi connectivity index (χ1v) is 9.69. The molecule has 0 spiro atoms. The maximum Gasteiger partial charge on any atom is 0.416 e. The Morgan fingerprint density at radius 2 is 1.55 bits per heavy atom. The summed E-state index contributed by atoms with van der Waals surface area (Å²) >= 11 is 0. The van der Waals surface area contributed by atoms with Gasteiger partial charge in [-0.05, 0) is 36.6 Å². The number of hydrogen-bond acceptors (Lipinski definition) is 3. The summed E-state index contributed by atoms with van der Waals surface area (Å²) in [6.45, 7) is 7.57. The summed E-state index contributed by atoms with van der Waals surface area (Å²) < 4.78 is 38.6. The molecule has 1 saturated heterocycles. The van der Waals surface area contributed by atoms with Crippen LogP contribution in [-0.2, 0) is 17.5 Å². The minimum absolute atomic E-state index is 0.0475. The number of rotatable bonds is 5. The van der Waals surface area contributed by atoms with Crippen LogP contribution in [0.3, 0.4) is 0 Å². The van der Waals surface area contributed by atoms with Gasteiger partial charge in [-0.1, -0.05) is 36.4 Å². The Labute approximate surface area is 169 Å². The Balaban J connectivity index is 1.49. The van der Waals surface area contributed by atoms with Gasteiger partial charge < -0.3 is 5.32 Å². The van der Waals surface area contributed by atoms with E-state index in [1.54, 1.807) is 6.07 Å². The molecule has 0 bridgehead atoms. The van der Waals surface area contributed by atoms with Crippen molar-refractivity contribution in [2.75, 3.05) is 38.0 Å². The first kappa shape index (κ1) is 21.3. The van der Waals surface area contributed by atoms with E-state index >= 15 is 0 Å². The van der Waals surface area contributed by atoms with Crippen molar-refractivity contribution in [1.82, 2.24) is 9.80 Å². The van der Waals surface area contributed by atoms with Crippen LogP contribution in [0.4, 0.5) is 18.9 Å². The molecule has 1 N–H and O–H groups in total. The molecule has 2 aromatic carbocycles. The number of halogens is 3. The molecule has 1 aliphatic heterocycles. The number of nitrogens with zero attached hydrogens (tertiary/aromatic N) is 2. The number of anilines is 1. The third kappa shape index (κ3) is 5.81. The molecule has 0 saturated carbocycles. The van der Waals surface area contributed by atoms with Gasteiger partial charge in [0.15, 0.2) is 0 Å². The van der Waals surface area contributed by atoms with Crippen molar-refractivity contribution in [3.05, 3.63) is 64.7 Å². The number of para-hydroxylation sites is 1. The molecule has 0 aromatic heterocycles. The average molecular weight is 405 g/mol. The molecule has 1 heterocycles. The third-order valence-electron chi connectivity index (χ3n) is 5.24. The fraction of sp³-hybridized carbons (Fsp3) is 0.409. The smallest absolute Gasteiger partial charge is 0.324 e. The lowest BCUT2D eigenvalue weighted by Crippen LogP contribution is -2.48. The van der Waals surface area contributed by atoms with E-state index < -0.39 is 11.7 Å². The molecule has 1 fully saturated rings. The van der Waals surface area contributed by atoms with E-state index in [1.807, 2.05) is 32.0 Å². The molecule has 0 aliphatic carbocycles. The quantitative estimate of drug-likeness (QED) is 0.814. The summed E-state index contributed by atoms with van der Waals surface area (Å²) in [5.74, 6) is -0.0475.